The summed E-state index contributed by atoms with van der Waals surface area (Å²) < 4.78 is 11.3. The molecule has 0 spiro atoms. The highest BCUT2D eigenvalue weighted by Crippen LogP contribution is 2.26. The van der Waals surface area contributed by atoms with Crippen molar-refractivity contribution in [2.75, 3.05) is 13.7 Å². The number of carbonyl (C=O) groups is 1. The number of ether oxygens (including phenoxy) is 2. The molecule has 1 aromatic rings. The maximum absolute atomic E-state index is 10.9. The Hall–Kier alpha value is -1.03. The van der Waals surface area contributed by atoms with Crippen molar-refractivity contribution in [3.63, 3.8) is 0 Å². The molecule has 1 aromatic carbocycles. The van der Waals surface area contributed by atoms with Gasteiger partial charge < -0.3 is 9.47 Å². The monoisotopic (exact) mass is 300 g/mol. The quantitative estimate of drug-likeness (QED) is 0.617. The van der Waals surface area contributed by atoms with Crippen LogP contribution in [0.4, 0.5) is 0 Å². The van der Waals surface area contributed by atoms with Crippen LogP contribution in [0.2, 0.25) is 0 Å². The summed E-state index contributed by atoms with van der Waals surface area (Å²) in [6.45, 7) is 4.58. The first-order valence-electron chi connectivity index (χ1n) is 5.51. The van der Waals surface area contributed by atoms with Crippen molar-refractivity contribution in [1.82, 2.24) is 0 Å². The first-order chi connectivity index (χ1) is 8.04. The Balaban J connectivity index is 2.45. The lowest BCUT2D eigenvalue weighted by Crippen LogP contribution is -2.04. The number of hydrogen-bond acceptors (Lipinski definition) is 3. The van der Waals surface area contributed by atoms with E-state index in [1.54, 1.807) is 0 Å². The number of hydrogen-bond donors (Lipinski definition) is 0. The van der Waals surface area contributed by atoms with Crippen LogP contribution in [-0.2, 0) is 9.53 Å². The summed E-state index contributed by atoms with van der Waals surface area (Å²) in [5, 5.41) is 0. The third-order valence-corrected chi connectivity index (χ3v) is 3.68. The Bertz CT molecular complexity index is 379. The standard InChI is InChI=1S/C13H17BrO3/c1-9-7-11(8-10(2)13(9)14)17-6-4-5-12(15)16-3/h7-8H,4-6H2,1-3H3. The van der Waals surface area contributed by atoms with Crippen molar-refractivity contribution in [3.8, 4) is 5.75 Å². The maximum atomic E-state index is 10.9. The zero-order valence-electron chi connectivity index (χ0n) is 10.4. The summed E-state index contributed by atoms with van der Waals surface area (Å²) in [5.74, 6) is 0.643. The summed E-state index contributed by atoms with van der Waals surface area (Å²) in [6, 6.07) is 3.96. The van der Waals surface area contributed by atoms with Gasteiger partial charge in [0.1, 0.15) is 5.75 Å². The maximum Gasteiger partial charge on any atom is 0.305 e. The number of carbonyl (C=O) groups excluding carboxylic acids is 1. The third-order valence-electron chi connectivity index (χ3n) is 2.43. The minimum atomic E-state index is -0.197. The topological polar surface area (TPSA) is 35.5 Å². The molecule has 0 bridgehead atoms. The lowest BCUT2D eigenvalue weighted by molar-refractivity contribution is -0.140. The predicted octanol–water partition coefficient (Wildman–Crippen LogP) is 3.40. The molecule has 0 amide bonds. The smallest absolute Gasteiger partial charge is 0.305 e. The summed E-state index contributed by atoms with van der Waals surface area (Å²) >= 11 is 3.51. The van der Waals surface area contributed by atoms with E-state index in [9.17, 15) is 4.79 Å². The molecule has 0 heterocycles. The van der Waals surface area contributed by atoms with E-state index in [0.717, 1.165) is 21.3 Å². The van der Waals surface area contributed by atoms with Gasteiger partial charge in [-0.2, -0.15) is 0 Å². The van der Waals surface area contributed by atoms with Crippen LogP contribution >= 0.6 is 15.9 Å². The van der Waals surface area contributed by atoms with Gasteiger partial charge in [-0.15, -0.1) is 0 Å². The molecule has 0 saturated carbocycles. The lowest BCUT2D eigenvalue weighted by Gasteiger charge is -2.09. The van der Waals surface area contributed by atoms with Crippen LogP contribution in [0.25, 0.3) is 0 Å². The molecular weight excluding hydrogens is 284 g/mol. The van der Waals surface area contributed by atoms with E-state index in [-0.39, 0.29) is 5.97 Å². The SMILES string of the molecule is COC(=O)CCCOc1cc(C)c(Br)c(C)c1. The fraction of sp³-hybridized carbons (Fsp3) is 0.462. The molecule has 1 rings (SSSR count). The number of aryl methyl sites for hydroxylation is 2. The van der Waals surface area contributed by atoms with E-state index in [1.165, 1.54) is 7.11 Å². The molecule has 0 aliphatic rings. The number of benzene rings is 1. The molecule has 0 radical (unpaired) electrons. The first-order valence-corrected chi connectivity index (χ1v) is 6.30. The van der Waals surface area contributed by atoms with Gasteiger partial charge in [0, 0.05) is 10.9 Å². The van der Waals surface area contributed by atoms with Crippen molar-refractivity contribution in [2.24, 2.45) is 0 Å². The zero-order valence-corrected chi connectivity index (χ0v) is 12.0. The van der Waals surface area contributed by atoms with Crippen LogP contribution in [0.3, 0.4) is 0 Å². The van der Waals surface area contributed by atoms with Crippen LogP contribution in [0.5, 0.6) is 5.75 Å². The highest BCUT2D eigenvalue weighted by molar-refractivity contribution is 9.10. The summed E-state index contributed by atoms with van der Waals surface area (Å²) in [6.07, 6.45) is 1.06. The average molecular weight is 301 g/mol. The Kier molecular flexibility index (Phi) is 5.48. The van der Waals surface area contributed by atoms with Gasteiger partial charge in [-0.25, -0.2) is 0 Å². The van der Waals surface area contributed by atoms with E-state index >= 15 is 0 Å². The molecule has 17 heavy (non-hydrogen) atoms. The average Bonchev–Trinajstić information content (AvgIpc) is 2.31. The molecule has 0 saturated heterocycles. The second-order valence-corrected chi connectivity index (χ2v) is 4.69. The Morgan fingerprint density at radius 3 is 2.41 bits per heavy atom. The summed E-state index contributed by atoms with van der Waals surface area (Å²) in [5.41, 5.74) is 2.29. The largest absolute Gasteiger partial charge is 0.494 e. The van der Waals surface area contributed by atoms with Gasteiger partial charge in [-0.05, 0) is 43.5 Å². The van der Waals surface area contributed by atoms with Crippen LogP contribution in [0.15, 0.2) is 16.6 Å². The Morgan fingerprint density at radius 2 is 1.88 bits per heavy atom. The molecule has 94 valence electrons. The summed E-state index contributed by atoms with van der Waals surface area (Å²) in [4.78, 5) is 10.9. The minimum absolute atomic E-state index is 0.197. The highest BCUT2D eigenvalue weighted by atomic mass is 79.9. The van der Waals surface area contributed by atoms with Gasteiger partial charge in [0.15, 0.2) is 0 Å². The fourth-order valence-electron chi connectivity index (χ4n) is 1.50. The van der Waals surface area contributed by atoms with E-state index in [2.05, 4.69) is 20.7 Å². The molecule has 0 N–H and O–H groups in total. The van der Waals surface area contributed by atoms with Crippen molar-refractivity contribution < 1.29 is 14.3 Å². The number of esters is 1. The van der Waals surface area contributed by atoms with Gasteiger partial charge in [-0.3, -0.25) is 4.79 Å². The first kappa shape index (κ1) is 14.0. The Morgan fingerprint density at radius 1 is 1.29 bits per heavy atom. The van der Waals surface area contributed by atoms with Crippen LogP contribution < -0.4 is 4.74 Å². The molecule has 0 aliphatic carbocycles. The second kappa shape index (κ2) is 6.64. The van der Waals surface area contributed by atoms with Gasteiger partial charge in [0.25, 0.3) is 0 Å². The molecule has 0 aromatic heterocycles. The second-order valence-electron chi connectivity index (χ2n) is 3.90. The van der Waals surface area contributed by atoms with E-state index in [1.807, 2.05) is 26.0 Å². The third kappa shape index (κ3) is 4.38. The zero-order chi connectivity index (χ0) is 12.8. The number of methoxy groups -OCH3 is 1. The minimum Gasteiger partial charge on any atom is -0.494 e. The molecule has 3 nitrogen and oxygen atoms in total. The highest BCUT2D eigenvalue weighted by Gasteiger charge is 2.04. The van der Waals surface area contributed by atoms with Gasteiger partial charge in [0.2, 0.25) is 0 Å². The van der Waals surface area contributed by atoms with Crippen LogP contribution in [0, 0.1) is 13.8 Å². The molecule has 0 fully saturated rings. The van der Waals surface area contributed by atoms with Crippen LogP contribution in [0.1, 0.15) is 24.0 Å². The lowest BCUT2D eigenvalue weighted by atomic mass is 10.1. The number of rotatable bonds is 5. The van der Waals surface area contributed by atoms with Crippen LogP contribution in [-0.4, -0.2) is 19.7 Å². The van der Waals surface area contributed by atoms with Crippen molar-refractivity contribution in [3.05, 3.63) is 27.7 Å². The molecule has 4 heteroatoms. The van der Waals surface area contributed by atoms with Crippen molar-refractivity contribution in [2.45, 2.75) is 26.7 Å². The molecular formula is C13H17BrO3. The predicted molar refractivity (Wildman–Crippen MR) is 70.4 cm³/mol. The van der Waals surface area contributed by atoms with Gasteiger partial charge in [-0.1, -0.05) is 15.9 Å². The van der Waals surface area contributed by atoms with Gasteiger partial charge in [0.05, 0.1) is 13.7 Å². The Labute approximate surface area is 110 Å². The number of halogens is 1. The van der Waals surface area contributed by atoms with E-state index in [0.29, 0.717) is 19.4 Å². The summed E-state index contributed by atoms with van der Waals surface area (Å²) in [7, 11) is 1.39. The molecule has 0 aliphatic heterocycles. The fourth-order valence-corrected chi connectivity index (χ4v) is 1.73. The normalized spacial score (nSPS) is 10.1. The molecule has 0 unspecified atom stereocenters. The van der Waals surface area contributed by atoms with Gasteiger partial charge >= 0.3 is 5.97 Å². The van der Waals surface area contributed by atoms with E-state index < -0.39 is 0 Å². The van der Waals surface area contributed by atoms with Crippen molar-refractivity contribution >= 4 is 21.9 Å². The van der Waals surface area contributed by atoms with E-state index in [4.69, 9.17) is 4.74 Å². The molecule has 0 atom stereocenters. The van der Waals surface area contributed by atoms with Crippen molar-refractivity contribution in [1.29, 1.82) is 0 Å².